The maximum atomic E-state index is 12.2. The molecule has 5 aromatic rings. The van der Waals surface area contributed by atoms with E-state index in [1.165, 1.54) is 4.68 Å². The highest BCUT2D eigenvalue weighted by atomic mass is 127. The van der Waals surface area contributed by atoms with Crippen molar-refractivity contribution in [1.82, 2.24) is 39.4 Å². The van der Waals surface area contributed by atoms with Gasteiger partial charge in [-0.3, -0.25) is 9.48 Å². The predicted molar refractivity (Wildman–Crippen MR) is 188 cm³/mol. The number of methoxy groups -OCH3 is 1. The normalized spacial score (nSPS) is 13.5. The maximum Gasteiger partial charge on any atom is 0.407 e. The number of pyridine rings is 1. The molecule has 47 heavy (non-hydrogen) atoms. The Hall–Kier alpha value is -3.66. The lowest BCUT2D eigenvalue weighted by Crippen LogP contribution is -2.37. The zero-order chi connectivity index (χ0) is 34.0. The Balaban J connectivity index is 1.56. The molecule has 0 aliphatic carbocycles. The molecule has 0 spiro atoms. The fourth-order valence-electron chi connectivity index (χ4n) is 5.22. The van der Waals surface area contributed by atoms with Crippen LogP contribution in [0.5, 0.6) is 5.88 Å². The largest absolute Gasteiger partial charge is 0.472 e. The number of aliphatic hydroxyl groups is 1. The number of hydrogen-bond acceptors (Lipinski definition) is 10. The molecule has 3 atom stereocenters. The van der Waals surface area contributed by atoms with Crippen molar-refractivity contribution in [3.05, 3.63) is 41.9 Å². The van der Waals surface area contributed by atoms with Crippen LogP contribution in [0.1, 0.15) is 50.8 Å². The van der Waals surface area contributed by atoms with Gasteiger partial charge in [0, 0.05) is 42.3 Å². The van der Waals surface area contributed by atoms with Crippen LogP contribution in [0.25, 0.3) is 44.3 Å². The summed E-state index contributed by atoms with van der Waals surface area (Å²) in [5.41, 5.74) is 4.71. The van der Waals surface area contributed by atoms with Gasteiger partial charge < -0.3 is 24.6 Å². The number of aldehydes is 1. The van der Waals surface area contributed by atoms with Crippen molar-refractivity contribution in [2.45, 2.75) is 65.6 Å². The number of aromatic nitrogens is 7. The third-order valence-corrected chi connectivity index (χ3v) is 8.93. The van der Waals surface area contributed by atoms with Crippen LogP contribution in [-0.2, 0) is 29.7 Å². The topological polar surface area (TPSA) is 160 Å². The van der Waals surface area contributed by atoms with Gasteiger partial charge in [-0.15, -0.1) is 0 Å². The number of nitrogens with zero attached hydrogens (tertiary/aromatic N) is 7. The van der Waals surface area contributed by atoms with E-state index >= 15 is 0 Å². The smallest absolute Gasteiger partial charge is 0.407 e. The van der Waals surface area contributed by atoms with Crippen molar-refractivity contribution >= 4 is 62.7 Å². The Morgan fingerprint density at radius 3 is 2.55 bits per heavy atom. The summed E-state index contributed by atoms with van der Waals surface area (Å²) in [6.07, 6.45) is 1.21. The molecule has 4 aromatic heterocycles. The lowest BCUT2D eigenvalue weighted by atomic mass is 10.0. The van der Waals surface area contributed by atoms with Crippen molar-refractivity contribution in [2.75, 3.05) is 13.7 Å². The standard InChI is InChI=1S/C31H38IN8O6P/c1-17(42)14-39-25(15-41)21-10-19(8-9-23(21)36-39)27-22-11-20(13-33-28(22)40(37-27)47-32)26-24(16-44-7)35-38(6)29(26)45-18(2)12-34-30(43)46-31(3,4)5/h8-11,13,15,17-18,42,47H,12,14,16H2,1-7H3,(H,34,43). The van der Waals surface area contributed by atoms with Crippen molar-refractivity contribution in [3.8, 4) is 28.3 Å². The van der Waals surface area contributed by atoms with Crippen molar-refractivity contribution < 1.29 is 28.9 Å². The van der Waals surface area contributed by atoms with Crippen LogP contribution in [0, 0.1) is 0 Å². The molecule has 14 nitrogen and oxygen atoms in total. The molecule has 2 N–H and O–H groups in total. The van der Waals surface area contributed by atoms with Gasteiger partial charge in [-0.1, -0.05) is 6.07 Å². The van der Waals surface area contributed by atoms with E-state index in [0.29, 0.717) is 45.1 Å². The van der Waals surface area contributed by atoms with Crippen molar-refractivity contribution in [3.63, 3.8) is 0 Å². The number of carbonyl (C=O) groups is 2. The first kappa shape index (κ1) is 34.7. The Bertz CT molecular complexity index is 1930. The number of rotatable bonds is 12. The molecule has 3 unspecified atom stereocenters. The summed E-state index contributed by atoms with van der Waals surface area (Å²) in [7, 11) is 3.39. The monoisotopic (exact) mass is 776 g/mol. The highest BCUT2D eigenvalue weighted by Crippen LogP contribution is 2.40. The SMILES string of the molecule is COCc1nn(C)c(OC(C)CNC(=O)OC(C)(C)C)c1-c1cnc2c(c1)c(-c1ccc3nn(CC(C)O)c(C=O)c3c1)nn2PI. The molecule has 0 fully saturated rings. The van der Waals surface area contributed by atoms with Gasteiger partial charge in [0.1, 0.15) is 23.1 Å². The fraction of sp³-hybridized carbons (Fsp3) is 0.419. The summed E-state index contributed by atoms with van der Waals surface area (Å²) in [6.45, 7) is 9.57. The average molecular weight is 777 g/mol. The van der Waals surface area contributed by atoms with E-state index < -0.39 is 23.9 Å². The number of nitrogens with one attached hydrogen (secondary N) is 1. The van der Waals surface area contributed by atoms with Crippen molar-refractivity contribution in [1.29, 1.82) is 0 Å². The first-order chi connectivity index (χ1) is 22.3. The molecular formula is C31H38IN8O6P. The molecule has 0 saturated heterocycles. The first-order valence-electron chi connectivity index (χ1n) is 14.9. The van der Waals surface area contributed by atoms with E-state index in [9.17, 15) is 14.7 Å². The number of fused-ring (bicyclic) bond motifs is 2. The number of amides is 1. The Labute approximate surface area is 286 Å². The number of ether oxygens (including phenoxy) is 3. The minimum Gasteiger partial charge on any atom is -0.472 e. The fourth-order valence-corrected chi connectivity index (χ4v) is 6.63. The quantitative estimate of drug-likeness (QED) is 0.0971. The Morgan fingerprint density at radius 2 is 1.89 bits per heavy atom. The number of benzene rings is 1. The van der Waals surface area contributed by atoms with Crippen LogP contribution in [-0.4, -0.2) is 83.0 Å². The second kappa shape index (κ2) is 14.2. The summed E-state index contributed by atoms with van der Waals surface area (Å²) in [4.78, 5) is 29.2. The number of aryl methyl sites for hydroxylation is 1. The maximum absolute atomic E-state index is 12.2. The van der Waals surface area contributed by atoms with Crippen LogP contribution in [0.4, 0.5) is 4.79 Å². The van der Waals surface area contributed by atoms with Gasteiger partial charge in [0.2, 0.25) is 5.88 Å². The number of halogens is 1. The van der Waals surface area contributed by atoms with E-state index in [1.54, 1.807) is 52.7 Å². The molecule has 0 radical (unpaired) electrons. The lowest BCUT2D eigenvalue weighted by Gasteiger charge is -2.21. The van der Waals surface area contributed by atoms with Crippen LogP contribution in [0.3, 0.4) is 0 Å². The summed E-state index contributed by atoms with van der Waals surface area (Å²) >= 11 is 2.27. The van der Waals surface area contributed by atoms with Gasteiger partial charge in [-0.25, -0.2) is 18.9 Å². The molecule has 5 rings (SSSR count). The van der Waals surface area contributed by atoms with Crippen LogP contribution in [0.15, 0.2) is 30.5 Å². The van der Waals surface area contributed by atoms with Gasteiger partial charge in [-0.2, -0.15) is 15.3 Å². The molecule has 4 heterocycles. The highest BCUT2D eigenvalue weighted by molar-refractivity contribution is 14.2. The van der Waals surface area contributed by atoms with Gasteiger partial charge in [-0.05, 0) is 74.9 Å². The number of alkyl carbamates (subject to hydrolysis) is 1. The molecule has 0 bridgehead atoms. The average Bonchev–Trinajstić information content (AvgIpc) is 3.64. The van der Waals surface area contributed by atoms with E-state index in [-0.39, 0.29) is 26.1 Å². The molecule has 250 valence electrons. The molecule has 0 saturated carbocycles. The highest BCUT2D eigenvalue weighted by Gasteiger charge is 2.25. The molecule has 16 heteroatoms. The van der Waals surface area contributed by atoms with Gasteiger partial charge >= 0.3 is 6.09 Å². The second-order valence-corrected chi connectivity index (χ2v) is 14.2. The molecule has 0 aliphatic rings. The number of hydrogen-bond donors (Lipinski definition) is 2. The lowest BCUT2D eigenvalue weighted by molar-refractivity contribution is 0.0503. The van der Waals surface area contributed by atoms with Crippen molar-refractivity contribution in [2.24, 2.45) is 7.05 Å². The van der Waals surface area contributed by atoms with E-state index in [4.69, 9.17) is 24.3 Å². The van der Waals surface area contributed by atoms with Crippen LogP contribution < -0.4 is 10.1 Å². The molecule has 0 aliphatic heterocycles. The minimum atomic E-state index is -0.662. The Morgan fingerprint density at radius 1 is 1.15 bits per heavy atom. The molecule has 1 aromatic carbocycles. The first-order valence-corrected chi connectivity index (χ1v) is 19.0. The summed E-state index contributed by atoms with van der Waals surface area (Å²) in [6, 6.07) is 7.67. The van der Waals surface area contributed by atoms with E-state index in [0.717, 1.165) is 22.8 Å². The molecule has 1 amide bonds. The third kappa shape index (κ3) is 7.58. The van der Waals surface area contributed by atoms with Gasteiger partial charge in [0.15, 0.2) is 11.9 Å². The molecular weight excluding hydrogens is 738 g/mol. The number of carbonyl (C=O) groups excluding carboxylic acids is 2. The van der Waals surface area contributed by atoms with E-state index in [2.05, 4.69) is 37.6 Å². The van der Waals surface area contributed by atoms with E-state index in [1.807, 2.05) is 35.6 Å². The third-order valence-electron chi connectivity index (χ3n) is 7.09. The predicted octanol–water partition coefficient (Wildman–Crippen LogP) is 5.27. The number of aliphatic hydroxyl groups excluding tert-OH is 1. The minimum absolute atomic E-state index is 0.202. The zero-order valence-electron chi connectivity index (χ0n) is 27.2. The summed E-state index contributed by atoms with van der Waals surface area (Å²) in [5.74, 6) is 0.490. The summed E-state index contributed by atoms with van der Waals surface area (Å²) in [5, 5.41) is 28.2. The van der Waals surface area contributed by atoms with Crippen LogP contribution in [0.2, 0.25) is 0 Å². The zero-order valence-corrected chi connectivity index (χ0v) is 30.4. The van der Waals surface area contributed by atoms with Crippen LogP contribution >= 0.6 is 28.4 Å². The van der Waals surface area contributed by atoms with Gasteiger partial charge in [0.05, 0.1) is 48.9 Å². The summed E-state index contributed by atoms with van der Waals surface area (Å²) < 4.78 is 22.2. The Kier molecular flexibility index (Phi) is 10.5. The van der Waals surface area contributed by atoms with Gasteiger partial charge in [0.25, 0.3) is 0 Å². The second-order valence-electron chi connectivity index (χ2n) is 12.2.